The number of amides is 1. The predicted molar refractivity (Wildman–Crippen MR) is 104 cm³/mol. The van der Waals surface area contributed by atoms with Gasteiger partial charge in [0.1, 0.15) is 23.9 Å². The molecule has 2 aromatic rings. The molecular weight excluding hydrogens is 397 g/mol. The largest absolute Gasteiger partial charge is 0.460 e. The van der Waals surface area contributed by atoms with E-state index >= 15 is 0 Å². The number of benzene rings is 2. The van der Waals surface area contributed by atoms with Crippen molar-refractivity contribution in [1.29, 1.82) is 0 Å². The van der Waals surface area contributed by atoms with E-state index in [0.29, 0.717) is 5.69 Å². The molecule has 4 unspecified atom stereocenters. The van der Waals surface area contributed by atoms with Crippen LogP contribution in [0.1, 0.15) is 5.56 Å². The Hall–Kier alpha value is -2.70. The Morgan fingerprint density at radius 3 is 2.83 bits per heavy atom. The van der Waals surface area contributed by atoms with Gasteiger partial charge in [0.2, 0.25) is 5.91 Å². The lowest BCUT2D eigenvalue weighted by Gasteiger charge is -2.22. The topological polar surface area (TPSA) is 55.8 Å². The van der Waals surface area contributed by atoms with Crippen molar-refractivity contribution in [2.75, 3.05) is 11.4 Å². The lowest BCUT2D eigenvalue weighted by Crippen LogP contribution is -2.40. The number of fused-ring (bicyclic) bond motifs is 1. The van der Waals surface area contributed by atoms with Crippen LogP contribution in [-0.4, -0.2) is 30.1 Å². The van der Waals surface area contributed by atoms with Crippen LogP contribution in [0.15, 0.2) is 60.7 Å². The Labute approximate surface area is 171 Å². The van der Waals surface area contributed by atoms with Crippen LogP contribution in [0.25, 0.3) is 0 Å². The Morgan fingerprint density at radius 2 is 2.07 bits per heavy atom. The fourth-order valence-electron chi connectivity index (χ4n) is 4.46. The van der Waals surface area contributed by atoms with Crippen LogP contribution in [-0.2, 0) is 25.7 Å². The first-order chi connectivity index (χ1) is 14.0. The number of rotatable bonds is 4. The normalized spacial score (nSPS) is 29.4. The number of esters is 1. The quantitative estimate of drug-likeness (QED) is 0.568. The molecular formula is C22H17ClFNO4. The fraction of sp³-hybridized carbons (Fsp3) is 0.273. The van der Waals surface area contributed by atoms with Crippen LogP contribution >= 0.6 is 11.6 Å². The van der Waals surface area contributed by atoms with Gasteiger partial charge in [-0.05, 0) is 23.8 Å². The minimum Gasteiger partial charge on any atom is -0.460 e. The van der Waals surface area contributed by atoms with Crippen molar-refractivity contribution in [3.05, 3.63) is 77.1 Å². The van der Waals surface area contributed by atoms with Crippen molar-refractivity contribution in [3.8, 4) is 0 Å². The first-order valence-electron chi connectivity index (χ1n) is 9.33. The van der Waals surface area contributed by atoms with Crippen molar-refractivity contribution >= 4 is 29.2 Å². The third-order valence-electron chi connectivity index (χ3n) is 5.81. The lowest BCUT2D eigenvalue weighted by atomic mass is 9.77. The van der Waals surface area contributed by atoms with Gasteiger partial charge in [-0.2, -0.15) is 0 Å². The van der Waals surface area contributed by atoms with Crippen molar-refractivity contribution in [2.45, 2.75) is 18.3 Å². The molecule has 148 valence electrons. The number of carbonyl (C=O) groups excluding carboxylic acids is 2. The molecule has 4 atom stereocenters. The van der Waals surface area contributed by atoms with E-state index in [9.17, 15) is 14.0 Å². The van der Waals surface area contributed by atoms with Crippen molar-refractivity contribution in [3.63, 3.8) is 0 Å². The second-order valence-electron chi connectivity index (χ2n) is 7.52. The van der Waals surface area contributed by atoms with Gasteiger partial charge in [0.25, 0.3) is 0 Å². The molecule has 2 bridgehead atoms. The number of anilines is 1. The molecule has 29 heavy (non-hydrogen) atoms. The van der Waals surface area contributed by atoms with Crippen LogP contribution in [0.2, 0.25) is 5.02 Å². The minimum absolute atomic E-state index is 0.0653. The Balaban J connectivity index is 1.39. The summed E-state index contributed by atoms with van der Waals surface area (Å²) in [6.45, 7) is 0.381. The zero-order chi connectivity index (χ0) is 20.2. The average molecular weight is 414 g/mol. The van der Waals surface area contributed by atoms with Gasteiger partial charge in [0.05, 0.1) is 23.6 Å². The highest BCUT2D eigenvalue weighted by molar-refractivity contribution is 6.31. The summed E-state index contributed by atoms with van der Waals surface area (Å²) in [7, 11) is 0. The van der Waals surface area contributed by atoms with Crippen molar-refractivity contribution in [1.82, 2.24) is 0 Å². The van der Waals surface area contributed by atoms with Gasteiger partial charge in [0, 0.05) is 5.69 Å². The van der Waals surface area contributed by atoms with E-state index < -0.39 is 35.3 Å². The van der Waals surface area contributed by atoms with Gasteiger partial charge in [-0.25, -0.2) is 4.39 Å². The second kappa shape index (κ2) is 6.68. The molecule has 0 radical (unpaired) electrons. The number of halogens is 2. The maximum absolute atomic E-state index is 13.5. The summed E-state index contributed by atoms with van der Waals surface area (Å²) in [4.78, 5) is 27.6. The summed E-state index contributed by atoms with van der Waals surface area (Å²) in [5.74, 6) is -2.65. The summed E-state index contributed by atoms with van der Waals surface area (Å²) in [5, 5.41) is -0.0653. The van der Waals surface area contributed by atoms with Gasteiger partial charge in [-0.1, -0.05) is 54.1 Å². The monoisotopic (exact) mass is 413 g/mol. The van der Waals surface area contributed by atoms with E-state index in [2.05, 4.69) is 0 Å². The summed E-state index contributed by atoms with van der Waals surface area (Å²) in [5.41, 5.74) is 0.469. The van der Waals surface area contributed by atoms with E-state index in [4.69, 9.17) is 21.1 Å². The van der Waals surface area contributed by atoms with Gasteiger partial charge < -0.3 is 14.4 Å². The molecule has 5 rings (SSSR count). The van der Waals surface area contributed by atoms with E-state index in [-0.39, 0.29) is 24.1 Å². The third-order valence-corrected chi connectivity index (χ3v) is 6.10. The maximum Gasteiger partial charge on any atom is 0.313 e. The van der Waals surface area contributed by atoms with Crippen LogP contribution in [0.4, 0.5) is 10.1 Å². The fourth-order valence-corrected chi connectivity index (χ4v) is 4.64. The summed E-state index contributed by atoms with van der Waals surface area (Å²) in [6, 6.07) is 13.5. The molecule has 2 fully saturated rings. The Kier molecular flexibility index (Phi) is 4.22. The van der Waals surface area contributed by atoms with Gasteiger partial charge in [-0.15, -0.1) is 0 Å². The molecule has 1 amide bonds. The van der Waals surface area contributed by atoms with Crippen LogP contribution < -0.4 is 4.90 Å². The van der Waals surface area contributed by atoms with E-state index in [0.717, 1.165) is 5.56 Å². The maximum atomic E-state index is 13.5. The smallest absolute Gasteiger partial charge is 0.313 e. The molecule has 3 aliphatic rings. The number of hydrogen-bond acceptors (Lipinski definition) is 4. The molecule has 0 aromatic heterocycles. The van der Waals surface area contributed by atoms with Crippen molar-refractivity contribution in [2.24, 2.45) is 11.8 Å². The third kappa shape index (κ3) is 2.86. The van der Waals surface area contributed by atoms with Gasteiger partial charge in [-0.3, -0.25) is 9.59 Å². The second-order valence-corrected chi connectivity index (χ2v) is 7.92. The number of ether oxygens (including phenoxy) is 2. The minimum atomic E-state index is -0.876. The van der Waals surface area contributed by atoms with Crippen LogP contribution in [0.3, 0.4) is 0 Å². The van der Waals surface area contributed by atoms with E-state index in [1.54, 1.807) is 0 Å². The molecule has 1 spiro atoms. The summed E-state index contributed by atoms with van der Waals surface area (Å²) >= 11 is 5.88. The molecule has 3 aliphatic heterocycles. The Morgan fingerprint density at radius 1 is 1.28 bits per heavy atom. The molecule has 2 aromatic carbocycles. The summed E-state index contributed by atoms with van der Waals surface area (Å²) < 4.78 is 25.1. The first-order valence-corrected chi connectivity index (χ1v) is 9.70. The molecule has 3 heterocycles. The van der Waals surface area contributed by atoms with E-state index in [1.165, 1.54) is 23.1 Å². The molecule has 0 aliphatic carbocycles. The van der Waals surface area contributed by atoms with Crippen LogP contribution in [0, 0.1) is 17.7 Å². The van der Waals surface area contributed by atoms with Gasteiger partial charge >= 0.3 is 5.97 Å². The van der Waals surface area contributed by atoms with Crippen LogP contribution in [0.5, 0.6) is 0 Å². The first kappa shape index (κ1) is 18.3. The zero-order valence-corrected chi connectivity index (χ0v) is 16.0. The zero-order valence-electron chi connectivity index (χ0n) is 15.3. The highest BCUT2D eigenvalue weighted by Crippen LogP contribution is 2.53. The molecule has 7 heteroatoms. The van der Waals surface area contributed by atoms with Gasteiger partial charge in [0.15, 0.2) is 0 Å². The molecule has 0 saturated carbocycles. The number of carbonyl (C=O) groups is 2. The predicted octanol–water partition coefficient (Wildman–Crippen LogP) is 3.51. The summed E-state index contributed by atoms with van der Waals surface area (Å²) in [6.07, 6.45) is 3.19. The SMILES string of the molecule is O=C(OCc1ccccc1)C1C2C=CC3(CN(c4ccc(F)c(Cl)c4)C(=O)C13)O2. The number of nitrogens with zero attached hydrogens (tertiary/aromatic N) is 1. The number of hydrogen-bond donors (Lipinski definition) is 0. The standard InChI is InChI=1S/C22H17ClFNO4/c23-15-10-14(6-7-16(15)24)25-12-22-9-8-17(29-22)18(19(22)20(25)26)21(27)28-11-13-4-2-1-3-5-13/h1-10,17-19H,11-12H2. The van der Waals surface area contributed by atoms with Crippen molar-refractivity contribution < 1.29 is 23.5 Å². The highest BCUT2D eigenvalue weighted by atomic mass is 35.5. The Bertz CT molecular complexity index is 1030. The lowest BCUT2D eigenvalue weighted by molar-refractivity contribution is -0.153. The molecule has 2 saturated heterocycles. The molecule has 0 N–H and O–H groups in total. The average Bonchev–Trinajstić information content (AvgIpc) is 3.37. The highest BCUT2D eigenvalue weighted by Gasteiger charge is 2.67. The molecule has 5 nitrogen and oxygen atoms in total. The van der Waals surface area contributed by atoms with E-state index in [1.807, 2.05) is 42.5 Å².